The van der Waals surface area contributed by atoms with Gasteiger partial charge < -0.3 is 10.0 Å². The molecule has 0 atom stereocenters. The van der Waals surface area contributed by atoms with Crippen molar-refractivity contribution in [2.75, 3.05) is 18.0 Å². The van der Waals surface area contributed by atoms with E-state index in [2.05, 4.69) is 42.8 Å². The highest BCUT2D eigenvalue weighted by atomic mass is 16.3. The van der Waals surface area contributed by atoms with Crippen LogP contribution in [-0.4, -0.2) is 28.8 Å². The third-order valence-electron chi connectivity index (χ3n) is 6.12. The average molecular weight is 316 g/mol. The second kappa shape index (κ2) is 6.43. The Hall–Kier alpha value is -1.09. The molecule has 0 bridgehead atoms. The maximum atomic E-state index is 10.7. The van der Waals surface area contributed by atoms with E-state index in [0.29, 0.717) is 11.3 Å². The number of aliphatic hydroxyl groups is 1. The van der Waals surface area contributed by atoms with E-state index in [4.69, 9.17) is 0 Å². The minimum absolute atomic E-state index is 0.381. The molecule has 0 radical (unpaired) electrons. The first-order valence-corrected chi connectivity index (χ1v) is 9.39. The fourth-order valence-corrected chi connectivity index (χ4v) is 4.45. The molecule has 1 aliphatic heterocycles. The summed E-state index contributed by atoms with van der Waals surface area (Å²) in [6, 6.07) is 4.41. The van der Waals surface area contributed by atoms with Gasteiger partial charge in [-0.25, -0.2) is 0 Å². The number of pyridine rings is 1. The third-order valence-corrected chi connectivity index (χ3v) is 6.12. The molecule has 1 spiro atoms. The fourth-order valence-electron chi connectivity index (χ4n) is 4.45. The lowest BCUT2D eigenvalue weighted by molar-refractivity contribution is -0.0357. The number of hydrogen-bond donors (Lipinski definition) is 1. The predicted molar refractivity (Wildman–Crippen MR) is 95.9 cm³/mol. The minimum atomic E-state index is -0.381. The van der Waals surface area contributed by atoms with Crippen molar-refractivity contribution in [2.45, 2.75) is 77.2 Å². The van der Waals surface area contributed by atoms with Crippen molar-refractivity contribution in [1.82, 2.24) is 4.98 Å². The van der Waals surface area contributed by atoms with Gasteiger partial charge in [0.15, 0.2) is 0 Å². The lowest BCUT2D eigenvalue weighted by atomic mass is 9.67. The zero-order valence-corrected chi connectivity index (χ0v) is 15.0. The lowest BCUT2D eigenvalue weighted by Gasteiger charge is -2.42. The first-order chi connectivity index (χ1) is 11.0. The second-order valence-corrected chi connectivity index (χ2v) is 8.24. The van der Waals surface area contributed by atoms with Crippen molar-refractivity contribution < 1.29 is 5.11 Å². The molecule has 1 saturated heterocycles. The molecule has 3 nitrogen and oxygen atoms in total. The van der Waals surface area contributed by atoms with Gasteiger partial charge in [0.2, 0.25) is 0 Å². The molecule has 1 aromatic rings. The second-order valence-electron chi connectivity index (χ2n) is 8.24. The fraction of sp³-hybridized carbons (Fsp3) is 0.750. The van der Waals surface area contributed by atoms with E-state index >= 15 is 0 Å². The largest absolute Gasteiger partial charge is 0.390 e. The SMILES string of the molecule is CCC[C@]1(O)CC[C@]2(CCN(c3ccc(C(C)C)nc3)C2)CC1. The molecule has 0 unspecified atom stereocenters. The van der Waals surface area contributed by atoms with Crippen LogP contribution in [0.25, 0.3) is 0 Å². The summed E-state index contributed by atoms with van der Waals surface area (Å²) in [6.45, 7) is 8.82. The maximum Gasteiger partial charge on any atom is 0.0648 e. The van der Waals surface area contributed by atoms with Crippen LogP contribution in [0.4, 0.5) is 5.69 Å². The van der Waals surface area contributed by atoms with Gasteiger partial charge in [-0.15, -0.1) is 0 Å². The van der Waals surface area contributed by atoms with E-state index in [1.165, 1.54) is 30.6 Å². The van der Waals surface area contributed by atoms with Crippen LogP contribution in [0.2, 0.25) is 0 Å². The molecular formula is C20H32N2O. The number of aromatic nitrogens is 1. The van der Waals surface area contributed by atoms with Gasteiger partial charge in [-0.3, -0.25) is 4.98 Å². The zero-order chi connectivity index (χ0) is 16.5. The molecule has 2 heterocycles. The van der Waals surface area contributed by atoms with E-state index in [0.717, 1.165) is 38.8 Å². The summed E-state index contributed by atoms with van der Waals surface area (Å²) >= 11 is 0. The van der Waals surface area contributed by atoms with Crippen LogP contribution >= 0.6 is 0 Å². The van der Waals surface area contributed by atoms with Gasteiger partial charge in [0.1, 0.15) is 0 Å². The summed E-state index contributed by atoms with van der Waals surface area (Å²) < 4.78 is 0. The van der Waals surface area contributed by atoms with Crippen molar-refractivity contribution in [3.63, 3.8) is 0 Å². The van der Waals surface area contributed by atoms with Crippen molar-refractivity contribution in [1.29, 1.82) is 0 Å². The highest BCUT2D eigenvalue weighted by Gasteiger charge is 2.45. The Morgan fingerprint density at radius 2 is 1.91 bits per heavy atom. The molecule has 2 fully saturated rings. The van der Waals surface area contributed by atoms with Crippen LogP contribution in [0.5, 0.6) is 0 Å². The van der Waals surface area contributed by atoms with Crippen LogP contribution in [0.15, 0.2) is 18.3 Å². The number of hydrogen-bond acceptors (Lipinski definition) is 3. The molecule has 3 rings (SSSR count). The molecule has 1 saturated carbocycles. The summed E-state index contributed by atoms with van der Waals surface area (Å²) in [4.78, 5) is 7.12. The van der Waals surface area contributed by atoms with Crippen molar-refractivity contribution in [2.24, 2.45) is 5.41 Å². The molecule has 1 aliphatic carbocycles. The Kier molecular flexibility index (Phi) is 4.68. The Morgan fingerprint density at radius 3 is 2.48 bits per heavy atom. The molecule has 2 aliphatic rings. The van der Waals surface area contributed by atoms with Gasteiger partial charge in [0.05, 0.1) is 17.5 Å². The third kappa shape index (κ3) is 3.55. The molecule has 1 N–H and O–H groups in total. The summed E-state index contributed by atoms with van der Waals surface area (Å²) in [6.07, 6.45) is 9.69. The van der Waals surface area contributed by atoms with Crippen molar-refractivity contribution in [3.8, 4) is 0 Å². The molecule has 3 heteroatoms. The van der Waals surface area contributed by atoms with E-state index in [-0.39, 0.29) is 5.60 Å². The molecule has 128 valence electrons. The van der Waals surface area contributed by atoms with E-state index in [1.807, 2.05) is 6.20 Å². The summed E-state index contributed by atoms with van der Waals surface area (Å²) in [5, 5.41) is 10.7. The van der Waals surface area contributed by atoms with Crippen LogP contribution in [0, 0.1) is 5.41 Å². The number of anilines is 1. The molecular weight excluding hydrogens is 284 g/mol. The summed E-state index contributed by atoms with van der Waals surface area (Å²) in [5.41, 5.74) is 2.48. The Bertz CT molecular complexity index is 515. The molecule has 23 heavy (non-hydrogen) atoms. The molecule has 1 aromatic heterocycles. The van der Waals surface area contributed by atoms with Gasteiger partial charge in [-0.2, -0.15) is 0 Å². The van der Waals surface area contributed by atoms with E-state index in [9.17, 15) is 5.11 Å². The number of rotatable bonds is 4. The number of nitrogens with zero attached hydrogens (tertiary/aromatic N) is 2. The Balaban J connectivity index is 1.62. The van der Waals surface area contributed by atoms with Crippen molar-refractivity contribution >= 4 is 5.69 Å². The van der Waals surface area contributed by atoms with Crippen LogP contribution in [0.1, 0.15) is 77.3 Å². The first kappa shape index (κ1) is 16.8. The Morgan fingerprint density at radius 1 is 1.17 bits per heavy atom. The summed E-state index contributed by atoms with van der Waals surface area (Å²) in [5.74, 6) is 0.489. The first-order valence-electron chi connectivity index (χ1n) is 9.39. The molecule has 0 aromatic carbocycles. The highest BCUT2D eigenvalue weighted by Crippen LogP contribution is 2.48. The van der Waals surface area contributed by atoms with Crippen LogP contribution in [-0.2, 0) is 0 Å². The van der Waals surface area contributed by atoms with E-state index < -0.39 is 0 Å². The van der Waals surface area contributed by atoms with Gasteiger partial charge >= 0.3 is 0 Å². The average Bonchev–Trinajstić information content (AvgIpc) is 2.96. The Labute approximate surface area is 141 Å². The van der Waals surface area contributed by atoms with Crippen LogP contribution in [0.3, 0.4) is 0 Å². The quantitative estimate of drug-likeness (QED) is 0.888. The molecule has 0 amide bonds. The zero-order valence-electron chi connectivity index (χ0n) is 15.0. The predicted octanol–water partition coefficient (Wildman–Crippen LogP) is 4.51. The summed E-state index contributed by atoms with van der Waals surface area (Å²) in [7, 11) is 0. The minimum Gasteiger partial charge on any atom is -0.390 e. The standard InChI is InChI=1S/C20H32N2O/c1-4-7-20(23)10-8-19(9-11-20)12-13-22(15-19)17-5-6-18(16(2)3)21-14-17/h5-6,14,16,23H,4,7-13,15H2,1-3H3/t19-,20+. The lowest BCUT2D eigenvalue weighted by Crippen LogP contribution is -2.40. The van der Waals surface area contributed by atoms with Gasteiger partial charge in [0.25, 0.3) is 0 Å². The smallest absolute Gasteiger partial charge is 0.0648 e. The topological polar surface area (TPSA) is 36.4 Å². The van der Waals surface area contributed by atoms with Gasteiger partial charge in [-0.1, -0.05) is 27.2 Å². The monoisotopic (exact) mass is 316 g/mol. The van der Waals surface area contributed by atoms with Crippen LogP contribution < -0.4 is 4.90 Å². The normalized spacial score (nSPS) is 31.3. The van der Waals surface area contributed by atoms with E-state index in [1.54, 1.807) is 0 Å². The highest BCUT2D eigenvalue weighted by molar-refractivity contribution is 5.46. The van der Waals surface area contributed by atoms with Gasteiger partial charge in [0, 0.05) is 18.8 Å². The maximum absolute atomic E-state index is 10.7. The van der Waals surface area contributed by atoms with Gasteiger partial charge in [-0.05, 0) is 62.0 Å². The van der Waals surface area contributed by atoms with Crippen molar-refractivity contribution in [3.05, 3.63) is 24.0 Å².